The zero-order valence-corrected chi connectivity index (χ0v) is 34.9. The molecule has 0 saturated heterocycles. The highest BCUT2D eigenvalue weighted by Crippen LogP contribution is 2.60. The summed E-state index contributed by atoms with van der Waals surface area (Å²) >= 11 is 0. The number of rotatable bonds is 8. The van der Waals surface area contributed by atoms with E-state index in [0.717, 1.165) is 34.1 Å². The quantitative estimate of drug-likeness (QED) is 0.152. The van der Waals surface area contributed by atoms with Crippen molar-refractivity contribution in [2.75, 3.05) is 9.80 Å². The van der Waals surface area contributed by atoms with Crippen LogP contribution in [-0.4, -0.2) is 4.57 Å². The van der Waals surface area contributed by atoms with E-state index in [4.69, 9.17) is 0 Å². The number of fused-ring (bicyclic) bond motifs is 8. The molecule has 0 fully saturated rings. The summed E-state index contributed by atoms with van der Waals surface area (Å²) < 4.78 is 2.32. The number of anilines is 6. The Morgan fingerprint density at radius 3 is 1.40 bits per heavy atom. The van der Waals surface area contributed by atoms with Crippen LogP contribution in [0.1, 0.15) is 22.3 Å². The molecule has 298 valence electrons. The van der Waals surface area contributed by atoms with E-state index in [2.05, 4.69) is 264 Å². The molecule has 10 aromatic carbocycles. The smallest absolute Gasteiger partial charge is 0.0715 e. The zero-order valence-electron chi connectivity index (χ0n) is 34.9. The molecule has 1 aromatic heterocycles. The Hall–Kier alpha value is -8.14. The van der Waals surface area contributed by atoms with Gasteiger partial charge in [-0.1, -0.05) is 170 Å². The van der Waals surface area contributed by atoms with Crippen LogP contribution >= 0.6 is 0 Å². The van der Waals surface area contributed by atoms with Gasteiger partial charge in [0.15, 0.2) is 0 Å². The predicted molar refractivity (Wildman–Crippen MR) is 265 cm³/mol. The first-order chi connectivity index (χ1) is 31.2. The highest BCUT2D eigenvalue weighted by molar-refractivity contribution is 6.12. The maximum Gasteiger partial charge on any atom is 0.0715 e. The molecule has 0 spiro atoms. The Morgan fingerprint density at radius 2 is 0.794 bits per heavy atom. The van der Waals surface area contributed by atoms with E-state index in [1.807, 2.05) is 0 Å². The minimum atomic E-state index is -0.664. The van der Waals surface area contributed by atoms with Gasteiger partial charge in [0.05, 0.1) is 16.6 Å². The minimum Gasteiger partial charge on any atom is -0.344 e. The van der Waals surface area contributed by atoms with Crippen molar-refractivity contribution in [1.82, 2.24) is 4.57 Å². The van der Waals surface area contributed by atoms with Crippen molar-refractivity contribution in [3.05, 3.63) is 265 Å². The van der Waals surface area contributed by atoms with Gasteiger partial charge >= 0.3 is 0 Å². The summed E-state index contributed by atoms with van der Waals surface area (Å²) in [7, 11) is 2.18. The summed E-state index contributed by atoms with van der Waals surface area (Å²) in [5, 5.41) is 4.95. The lowest BCUT2D eigenvalue weighted by Crippen LogP contribution is -2.29. The number of benzene rings is 10. The number of para-hydroxylation sites is 4. The molecule has 63 heavy (non-hydrogen) atoms. The average Bonchev–Trinajstić information content (AvgIpc) is 3.81. The molecule has 1 aliphatic carbocycles. The van der Waals surface area contributed by atoms with Crippen molar-refractivity contribution in [2.24, 2.45) is 7.05 Å². The Bertz CT molecular complexity index is 3370. The molecule has 0 atom stereocenters. The molecule has 3 heteroatoms. The average molecular weight is 806 g/mol. The molecule has 1 heterocycles. The van der Waals surface area contributed by atoms with E-state index < -0.39 is 5.41 Å². The van der Waals surface area contributed by atoms with Gasteiger partial charge in [-0.3, -0.25) is 0 Å². The summed E-state index contributed by atoms with van der Waals surface area (Å²) in [5.41, 5.74) is 15.9. The Labute approximate surface area is 368 Å². The molecular weight excluding hydrogens is 763 g/mol. The van der Waals surface area contributed by atoms with Gasteiger partial charge in [0, 0.05) is 57.2 Å². The van der Waals surface area contributed by atoms with Crippen LogP contribution in [-0.2, 0) is 12.5 Å². The second kappa shape index (κ2) is 14.8. The lowest BCUT2D eigenvalue weighted by Gasteiger charge is -2.36. The van der Waals surface area contributed by atoms with Crippen LogP contribution in [0.5, 0.6) is 0 Å². The van der Waals surface area contributed by atoms with Crippen LogP contribution in [0.15, 0.2) is 243 Å². The fraction of sp³-hybridized carbons (Fsp3) is 0.0333. The Kier molecular flexibility index (Phi) is 8.62. The van der Waals surface area contributed by atoms with Gasteiger partial charge in [0.1, 0.15) is 0 Å². The number of aromatic nitrogens is 1. The van der Waals surface area contributed by atoms with Gasteiger partial charge in [0.2, 0.25) is 0 Å². The lowest BCUT2D eigenvalue weighted by molar-refractivity contribution is 0.769. The fourth-order valence-corrected chi connectivity index (χ4v) is 10.5. The largest absolute Gasteiger partial charge is 0.344 e. The van der Waals surface area contributed by atoms with Crippen LogP contribution in [0.25, 0.3) is 43.7 Å². The molecule has 11 aromatic rings. The monoisotopic (exact) mass is 805 g/mol. The molecule has 0 radical (unpaired) electrons. The maximum absolute atomic E-state index is 2.50. The normalized spacial score (nSPS) is 12.7. The van der Waals surface area contributed by atoms with E-state index in [9.17, 15) is 0 Å². The first-order valence-corrected chi connectivity index (χ1v) is 21.7. The van der Waals surface area contributed by atoms with Crippen LogP contribution in [0.2, 0.25) is 0 Å². The second-order valence-corrected chi connectivity index (χ2v) is 16.5. The molecule has 0 saturated carbocycles. The molecule has 0 bridgehead atoms. The van der Waals surface area contributed by atoms with Crippen molar-refractivity contribution in [3.8, 4) is 11.1 Å². The Morgan fingerprint density at radius 1 is 0.333 bits per heavy atom. The number of hydrogen-bond donors (Lipinski definition) is 0. The molecule has 0 N–H and O–H groups in total. The summed E-state index contributed by atoms with van der Waals surface area (Å²) in [6, 6.07) is 89.0. The van der Waals surface area contributed by atoms with Gasteiger partial charge in [0.25, 0.3) is 0 Å². The standard InChI is InChI=1S/C60H43N3/c1-61-56-34-20-19-31-49(56)51-37-35-48(40-57(51)61)62(44-25-11-4-12-26-44)47-36-38-53-54(39-47)60(42-21-7-2-8-22-42,43-23-9-3-10-24-43)55-41-58(50-32-17-18-33-52(50)59(53)55)63(45-27-13-5-14-28-45)46-29-15-6-16-30-46/h2-41H,1H3. The van der Waals surface area contributed by atoms with Crippen molar-refractivity contribution in [3.63, 3.8) is 0 Å². The number of nitrogens with zero attached hydrogens (tertiary/aromatic N) is 3. The van der Waals surface area contributed by atoms with Crippen LogP contribution < -0.4 is 9.80 Å². The predicted octanol–water partition coefficient (Wildman–Crippen LogP) is 15.8. The van der Waals surface area contributed by atoms with Crippen LogP contribution in [0, 0.1) is 0 Å². The summed E-state index contributed by atoms with van der Waals surface area (Å²) in [6.45, 7) is 0. The van der Waals surface area contributed by atoms with Crippen LogP contribution in [0.4, 0.5) is 34.1 Å². The second-order valence-electron chi connectivity index (χ2n) is 16.5. The third kappa shape index (κ3) is 5.67. The van der Waals surface area contributed by atoms with E-state index in [0.29, 0.717) is 0 Å². The third-order valence-electron chi connectivity index (χ3n) is 13.2. The number of hydrogen-bond acceptors (Lipinski definition) is 2. The highest BCUT2D eigenvalue weighted by atomic mass is 15.2. The van der Waals surface area contributed by atoms with Gasteiger partial charge in [-0.05, 0) is 112 Å². The SMILES string of the molecule is Cn1c2ccccc2c2ccc(N(c3ccccc3)c3ccc4c(c3)C(c3ccccc3)(c3ccccc3)c3cc(N(c5ccccc5)c5ccccc5)c5ccccc5c3-4)cc21. The van der Waals surface area contributed by atoms with Gasteiger partial charge in [-0.25, -0.2) is 0 Å². The third-order valence-corrected chi connectivity index (χ3v) is 13.2. The van der Waals surface area contributed by atoms with Gasteiger partial charge in [-0.15, -0.1) is 0 Å². The van der Waals surface area contributed by atoms with Crippen molar-refractivity contribution < 1.29 is 0 Å². The summed E-state index contributed by atoms with van der Waals surface area (Å²) in [6.07, 6.45) is 0. The molecule has 0 amide bonds. The maximum atomic E-state index is 2.50. The van der Waals surface area contributed by atoms with Crippen molar-refractivity contribution in [1.29, 1.82) is 0 Å². The topological polar surface area (TPSA) is 11.4 Å². The molecule has 0 aliphatic heterocycles. The van der Waals surface area contributed by atoms with E-state index in [-0.39, 0.29) is 0 Å². The van der Waals surface area contributed by atoms with Crippen molar-refractivity contribution >= 4 is 66.7 Å². The summed E-state index contributed by atoms with van der Waals surface area (Å²) in [5.74, 6) is 0. The Balaban J connectivity index is 1.17. The highest BCUT2D eigenvalue weighted by Gasteiger charge is 2.48. The van der Waals surface area contributed by atoms with E-state index in [1.54, 1.807) is 0 Å². The first-order valence-electron chi connectivity index (χ1n) is 21.7. The minimum absolute atomic E-state index is 0.664. The lowest BCUT2D eigenvalue weighted by atomic mass is 9.67. The van der Waals surface area contributed by atoms with Crippen molar-refractivity contribution in [2.45, 2.75) is 5.41 Å². The molecular formula is C60H43N3. The summed E-state index contributed by atoms with van der Waals surface area (Å²) in [4.78, 5) is 4.86. The van der Waals surface area contributed by atoms with E-state index >= 15 is 0 Å². The first kappa shape index (κ1) is 36.7. The molecule has 12 rings (SSSR count). The molecule has 0 unspecified atom stereocenters. The zero-order chi connectivity index (χ0) is 41.9. The molecule has 1 aliphatic rings. The van der Waals surface area contributed by atoms with E-state index in [1.165, 1.54) is 66.0 Å². The van der Waals surface area contributed by atoms with Crippen LogP contribution in [0.3, 0.4) is 0 Å². The van der Waals surface area contributed by atoms with Gasteiger partial charge in [-0.2, -0.15) is 0 Å². The number of aryl methyl sites for hydroxylation is 1. The molecule has 3 nitrogen and oxygen atoms in total. The van der Waals surface area contributed by atoms with Gasteiger partial charge < -0.3 is 14.4 Å². The fourth-order valence-electron chi connectivity index (χ4n) is 10.5.